The van der Waals surface area contributed by atoms with Gasteiger partial charge in [0.2, 0.25) is 5.91 Å². The molecular weight excluding hydrogens is 224 g/mol. The zero-order valence-electron chi connectivity index (χ0n) is 12.2. The Hall–Kier alpha value is -0.860. The van der Waals surface area contributed by atoms with E-state index in [0.29, 0.717) is 6.42 Å². The Morgan fingerprint density at radius 1 is 0.944 bits per heavy atom. The lowest BCUT2D eigenvalue weighted by molar-refractivity contribution is -0.121. The lowest BCUT2D eigenvalue weighted by atomic mass is 10.1. The van der Waals surface area contributed by atoms with Crippen LogP contribution in [0.3, 0.4) is 0 Å². The number of carbonyl (C=O) groups is 1. The maximum absolute atomic E-state index is 11.4. The summed E-state index contributed by atoms with van der Waals surface area (Å²) in [5, 5.41) is 3.96. The van der Waals surface area contributed by atoms with Gasteiger partial charge >= 0.3 is 0 Å². The Balaban J connectivity index is 3.27. The fraction of sp³-hybridized carbons (Fsp3) is 0.867. The van der Waals surface area contributed by atoms with E-state index in [1.807, 2.05) is 6.21 Å². The van der Waals surface area contributed by atoms with Gasteiger partial charge in [-0.1, -0.05) is 58.8 Å². The predicted molar refractivity (Wildman–Crippen MR) is 78.8 cm³/mol. The molecule has 0 aromatic rings. The molecule has 0 saturated heterocycles. The maximum Gasteiger partial charge on any atom is 0.240 e. The number of unbranched alkanes of at least 4 members (excludes halogenated alkanes) is 8. The van der Waals surface area contributed by atoms with Gasteiger partial charge in [0.05, 0.1) is 0 Å². The zero-order chi connectivity index (χ0) is 13.5. The second kappa shape index (κ2) is 14.2. The summed E-state index contributed by atoms with van der Waals surface area (Å²) < 4.78 is 0. The monoisotopic (exact) mass is 254 g/mol. The van der Waals surface area contributed by atoms with E-state index < -0.39 is 0 Å². The average Bonchev–Trinajstić information content (AvgIpc) is 2.37. The second-order valence-corrected chi connectivity index (χ2v) is 4.86. The van der Waals surface area contributed by atoms with Crippen molar-refractivity contribution in [1.82, 2.24) is 5.43 Å². The van der Waals surface area contributed by atoms with E-state index in [4.69, 9.17) is 0 Å². The van der Waals surface area contributed by atoms with E-state index in [0.717, 1.165) is 19.3 Å². The minimum absolute atomic E-state index is 0.0521. The van der Waals surface area contributed by atoms with Crippen LogP contribution >= 0.6 is 0 Å². The molecule has 0 aliphatic carbocycles. The molecule has 0 radical (unpaired) electrons. The van der Waals surface area contributed by atoms with Crippen molar-refractivity contribution in [2.45, 2.75) is 84.5 Å². The van der Waals surface area contributed by atoms with Gasteiger partial charge in [-0.25, -0.2) is 5.43 Å². The van der Waals surface area contributed by atoms with Gasteiger partial charge in [0.25, 0.3) is 0 Å². The quantitative estimate of drug-likeness (QED) is 0.313. The maximum atomic E-state index is 11.4. The number of nitrogens with zero attached hydrogens (tertiary/aromatic N) is 1. The van der Waals surface area contributed by atoms with Gasteiger partial charge in [-0.3, -0.25) is 4.79 Å². The number of hydrazone groups is 1. The molecule has 0 rings (SSSR count). The molecule has 0 heterocycles. The number of hydrogen-bond acceptors (Lipinski definition) is 2. The molecule has 106 valence electrons. The summed E-state index contributed by atoms with van der Waals surface area (Å²) in [4.78, 5) is 11.4. The highest BCUT2D eigenvalue weighted by molar-refractivity contribution is 5.76. The molecule has 0 saturated carbocycles. The molecule has 0 spiro atoms. The third-order valence-corrected chi connectivity index (χ3v) is 2.97. The fourth-order valence-corrected chi connectivity index (χ4v) is 1.79. The standard InChI is InChI=1S/C15H30N2O/c1-3-5-7-9-11-13-15(18)17-16-14-12-10-8-6-4-2/h14H,3-13H2,1-2H3,(H,17,18)/b16-14+. The van der Waals surface area contributed by atoms with Crippen LogP contribution in [0, 0.1) is 0 Å². The molecule has 18 heavy (non-hydrogen) atoms. The minimum atomic E-state index is 0.0521. The Labute approximate surface area is 112 Å². The highest BCUT2D eigenvalue weighted by atomic mass is 16.2. The molecule has 1 amide bonds. The van der Waals surface area contributed by atoms with Gasteiger partial charge in [-0.15, -0.1) is 0 Å². The van der Waals surface area contributed by atoms with E-state index in [1.54, 1.807) is 0 Å². The first kappa shape index (κ1) is 17.1. The molecule has 1 N–H and O–H groups in total. The predicted octanol–water partition coefficient (Wildman–Crippen LogP) is 4.42. The Kier molecular flexibility index (Phi) is 13.5. The Morgan fingerprint density at radius 3 is 2.22 bits per heavy atom. The number of carbonyl (C=O) groups excluding carboxylic acids is 1. The smallest absolute Gasteiger partial charge is 0.240 e. The lowest BCUT2D eigenvalue weighted by Crippen LogP contribution is -2.16. The van der Waals surface area contributed by atoms with E-state index in [-0.39, 0.29) is 5.91 Å². The summed E-state index contributed by atoms with van der Waals surface area (Å²) in [6.07, 6.45) is 14.3. The number of nitrogens with one attached hydrogen (secondary N) is 1. The Morgan fingerprint density at radius 2 is 1.56 bits per heavy atom. The van der Waals surface area contributed by atoms with Crippen molar-refractivity contribution >= 4 is 12.1 Å². The minimum Gasteiger partial charge on any atom is -0.273 e. The van der Waals surface area contributed by atoms with E-state index in [9.17, 15) is 4.79 Å². The first-order valence-corrected chi connectivity index (χ1v) is 7.61. The largest absolute Gasteiger partial charge is 0.273 e. The number of amides is 1. The van der Waals surface area contributed by atoms with Gasteiger partial charge in [0.15, 0.2) is 0 Å². The topological polar surface area (TPSA) is 41.5 Å². The summed E-state index contributed by atoms with van der Waals surface area (Å²) in [5.74, 6) is 0.0521. The number of rotatable bonds is 12. The third kappa shape index (κ3) is 13.2. The van der Waals surface area contributed by atoms with Crippen molar-refractivity contribution in [3.63, 3.8) is 0 Å². The zero-order valence-corrected chi connectivity index (χ0v) is 12.2. The second-order valence-electron chi connectivity index (χ2n) is 4.86. The van der Waals surface area contributed by atoms with Gasteiger partial charge in [0, 0.05) is 12.6 Å². The van der Waals surface area contributed by atoms with Crippen molar-refractivity contribution in [3.05, 3.63) is 0 Å². The van der Waals surface area contributed by atoms with Crippen molar-refractivity contribution in [2.24, 2.45) is 5.10 Å². The molecule has 0 aromatic heterocycles. The van der Waals surface area contributed by atoms with Crippen LogP contribution in [0.25, 0.3) is 0 Å². The van der Waals surface area contributed by atoms with Crippen LogP contribution in [-0.4, -0.2) is 12.1 Å². The van der Waals surface area contributed by atoms with Crippen LogP contribution < -0.4 is 5.43 Å². The molecular formula is C15H30N2O. The molecule has 0 atom stereocenters. The van der Waals surface area contributed by atoms with E-state index >= 15 is 0 Å². The van der Waals surface area contributed by atoms with Crippen LogP contribution in [0.5, 0.6) is 0 Å². The van der Waals surface area contributed by atoms with Crippen LogP contribution in [0.15, 0.2) is 5.10 Å². The van der Waals surface area contributed by atoms with Crippen LogP contribution in [0.2, 0.25) is 0 Å². The molecule has 3 nitrogen and oxygen atoms in total. The van der Waals surface area contributed by atoms with Gasteiger partial charge in [0.1, 0.15) is 0 Å². The first-order chi connectivity index (χ1) is 8.81. The highest BCUT2D eigenvalue weighted by Gasteiger charge is 1.98. The van der Waals surface area contributed by atoms with Gasteiger partial charge in [-0.05, 0) is 19.3 Å². The summed E-state index contributed by atoms with van der Waals surface area (Å²) >= 11 is 0. The fourth-order valence-electron chi connectivity index (χ4n) is 1.79. The summed E-state index contributed by atoms with van der Waals surface area (Å²) in [7, 11) is 0. The molecule has 0 fully saturated rings. The van der Waals surface area contributed by atoms with Crippen LogP contribution in [-0.2, 0) is 4.79 Å². The summed E-state index contributed by atoms with van der Waals surface area (Å²) in [6, 6.07) is 0. The molecule has 0 unspecified atom stereocenters. The summed E-state index contributed by atoms with van der Waals surface area (Å²) in [5.41, 5.74) is 2.59. The van der Waals surface area contributed by atoms with Crippen molar-refractivity contribution in [2.75, 3.05) is 0 Å². The van der Waals surface area contributed by atoms with Crippen molar-refractivity contribution < 1.29 is 4.79 Å². The van der Waals surface area contributed by atoms with Gasteiger partial charge < -0.3 is 0 Å². The molecule has 0 aromatic carbocycles. The SMILES string of the molecule is CCCCCC/C=N/NC(=O)CCCCCCC. The highest BCUT2D eigenvalue weighted by Crippen LogP contribution is 2.04. The average molecular weight is 254 g/mol. The van der Waals surface area contributed by atoms with Crippen molar-refractivity contribution in [1.29, 1.82) is 0 Å². The van der Waals surface area contributed by atoms with Crippen LogP contribution in [0.1, 0.15) is 84.5 Å². The summed E-state index contributed by atoms with van der Waals surface area (Å²) in [6.45, 7) is 4.40. The van der Waals surface area contributed by atoms with Crippen molar-refractivity contribution in [3.8, 4) is 0 Å². The third-order valence-electron chi connectivity index (χ3n) is 2.97. The van der Waals surface area contributed by atoms with E-state index in [1.165, 1.54) is 44.9 Å². The lowest BCUT2D eigenvalue weighted by Gasteiger charge is -2.00. The van der Waals surface area contributed by atoms with Crippen LogP contribution in [0.4, 0.5) is 0 Å². The molecule has 0 bridgehead atoms. The number of hydrogen-bond donors (Lipinski definition) is 1. The normalized spacial score (nSPS) is 11.0. The first-order valence-electron chi connectivity index (χ1n) is 7.61. The molecule has 0 aliphatic rings. The van der Waals surface area contributed by atoms with Gasteiger partial charge in [-0.2, -0.15) is 5.10 Å². The molecule has 0 aliphatic heterocycles. The molecule has 3 heteroatoms. The Bertz CT molecular complexity index is 215. The van der Waals surface area contributed by atoms with E-state index in [2.05, 4.69) is 24.4 Å².